The number of alkyl halides is 3. The van der Waals surface area contributed by atoms with Crippen LogP contribution in [0.15, 0.2) is 83.8 Å². The summed E-state index contributed by atoms with van der Waals surface area (Å²) in [5, 5.41) is 13.2. The van der Waals surface area contributed by atoms with Gasteiger partial charge in [0.25, 0.3) is 0 Å². The highest BCUT2D eigenvalue weighted by Gasteiger charge is 2.56. The predicted molar refractivity (Wildman–Crippen MR) is 118 cm³/mol. The minimum Gasteiger partial charge on any atom is -0.372 e. The molecule has 3 aromatic carbocycles. The van der Waals surface area contributed by atoms with Crippen LogP contribution in [-0.2, 0) is 26.7 Å². The maximum Gasteiger partial charge on any atom is 0.425 e. The molecular formula is C24H22F3NO4S. The molecule has 0 aliphatic carbocycles. The highest BCUT2D eigenvalue weighted by Crippen LogP contribution is 2.44. The summed E-state index contributed by atoms with van der Waals surface area (Å²) in [6, 6.07) is 17.5. The average Bonchev–Trinajstić information content (AvgIpc) is 2.79. The molecular weight excluding hydrogens is 455 g/mol. The Morgan fingerprint density at radius 3 is 1.94 bits per heavy atom. The third-order valence-electron chi connectivity index (χ3n) is 5.22. The van der Waals surface area contributed by atoms with Gasteiger partial charge in [0.05, 0.1) is 17.1 Å². The van der Waals surface area contributed by atoms with Crippen LogP contribution in [0.1, 0.15) is 23.6 Å². The Hall–Kier alpha value is -3.17. The van der Waals surface area contributed by atoms with Gasteiger partial charge in [-0.1, -0.05) is 61.5 Å². The van der Waals surface area contributed by atoms with Gasteiger partial charge >= 0.3 is 6.18 Å². The largest absolute Gasteiger partial charge is 0.425 e. The second-order valence-electron chi connectivity index (χ2n) is 7.42. The second-order valence-corrected chi connectivity index (χ2v) is 9.70. The molecule has 0 saturated carbocycles. The van der Waals surface area contributed by atoms with Crippen LogP contribution in [0.25, 0.3) is 0 Å². The first-order valence-corrected chi connectivity index (χ1v) is 11.7. The summed E-state index contributed by atoms with van der Waals surface area (Å²) in [6.45, 7) is 1.54. The van der Waals surface area contributed by atoms with Crippen molar-refractivity contribution in [2.75, 3.05) is 11.1 Å². The number of benzene rings is 3. The summed E-state index contributed by atoms with van der Waals surface area (Å²) in [7, 11) is -3.34. The monoisotopic (exact) mass is 477 g/mol. The van der Waals surface area contributed by atoms with Gasteiger partial charge in [-0.25, -0.2) is 8.42 Å². The SMILES string of the molecule is CCS(=O)(=O)c1ccc(CC(=O)Nc2ccc(C(O)(c3ccccc3)C(F)(F)F)cc2)cc1. The lowest BCUT2D eigenvalue weighted by Crippen LogP contribution is -2.43. The van der Waals surface area contributed by atoms with Gasteiger partial charge in [0.1, 0.15) is 0 Å². The molecule has 0 aromatic heterocycles. The van der Waals surface area contributed by atoms with E-state index in [1.165, 1.54) is 67.6 Å². The Morgan fingerprint density at radius 1 is 0.879 bits per heavy atom. The molecule has 33 heavy (non-hydrogen) atoms. The molecule has 0 aliphatic heterocycles. The van der Waals surface area contributed by atoms with Crippen molar-refractivity contribution in [1.82, 2.24) is 0 Å². The van der Waals surface area contributed by atoms with Gasteiger partial charge in [0.15, 0.2) is 9.84 Å². The van der Waals surface area contributed by atoms with E-state index in [0.29, 0.717) is 5.56 Å². The van der Waals surface area contributed by atoms with Crippen molar-refractivity contribution in [2.24, 2.45) is 0 Å². The van der Waals surface area contributed by atoms with Crippen LogP contribution in [0.2, 0.25) is 0 Å². The number of nitrogens with one attached hydrogen (secondary N) is 1. The van der Waals surface area contributed by atoms with Crippen molar-refractivity contribution in [3.63, 3.8) is 0 Å². The van der Waals surface area contributed by atoms with E-state index in [2.05, 4.69) is 5.32 Å². The summed E-state index contributed by atoms with van der Waals surface area (Å²) in [5.74, 6) is -0.459. The van der Waals surface area contributed by atoms with Crippen LogP contribution in [0.4, 0.5) is 18.9 Å². The number of sulfone groups is 1. The first kappa shape index (κ1) is 24.5. The molecule has 174 valence electrons. The van der Waals surface area contributed by atoms with Gasteiger partial charge in [-0.15, -0.1) is 0 Å². The molecule has 2 N–H and O–H groups in total. The third-order valence-corrected chi connectivity index (χ3v) is 6.97. The van der Waals surface area contributed by atoms with E-state index < -0.39 is 27.5 Å². The van der Waals surface area contributed by atoms with E-state index in [-0.39, 0.29) is 33.9 Å². The number of hydrogen-bond acceptors (Lipinski definition) is 4. The van der Waals surface area contributed by atoms with Crippen LogP contribution in [0.5, 0.6) is 0 Å². The van der Waals surface area contributed by atoms with E-state index in [1.54, 1.807) is 6.07 Å². The van der Waals surface area contributed by atoms with E-state index in [4.69, 9.17) is 0 Å². The molecule has 0 aliphatic rings. The summed E-state index contributed by atoms with van der Waals surface area (Å²) in [6.07, 6.45) is -5.01. The molecule has 1 atom stereocenters. The molecule has 0 radical (unpaired) electrons. The number of carbonyl (C=O) groups is 1. The number of hydrogen-bond donors (Lipinski definition) is 2. The van der Waals surface area contributed by atoms with E-state index >= 15 is 0 Å². The maximum atomic E-state index is 13.8. The molecule has 1 amide bonds. The second kappa shape index (κ2) is 9.36. The predicted octanol–water partition coefficient (Wildman–Crippen LogP) is 4.46. The lowest BCUT2D eigenvalue weighted by atomic mass is 9.85. The summed E-state index contributed by atoms with van der Waals surface area (Å²) < 4.78 is 65.1. The molecule has 3 aromatic rings. The number of rotatable bonds is 7. The smallest absolute Gasteiger partial charge is 0.372 e. The molecule has 0 saturated heterocycles. The minimum atomic E-state index is -4.96. The van der Waals surface area contributed by atoms with Crippen molar-refractivity contribution in [2.45, 2.75) is 30.0 Å². The van der Waals surface area contributed by atoms with Crippen LogP contribution >= 0.6 is 0 Å². The van der Waals surface area contributed by atoms with Crippen LogP contribution in [0, 0.1) is 0 Å². The number of halogens is 3. The molecule has 0 bridgehead atoms. The fourth-order valence-electron chi connectivity index (χ4n) is 3.34. The molecule has 0 heterocycles. The zero-order valence-corrected chi connectivity index (χ0v) is 18.5. The zero-order valence-electron chi connectivity index (χ0n) is 17.6. The third kappa shape index (κ3) is 5.26. The van der Waals surface area contributed by atoms with Gasteiger partial charge in [0.2, 0.25) is 11.5 Å². The fraction of sp³-hybridized carbons (Fsp3) is 0.208. The zero-order chi connectivity index (χ0) is 24.3. The van der Waals surface area contributed by atoms with E-state index in [9.17, 15) is 31.5 Å². The number of carbonyl (C=O) groups excluding carboxylic acids is 1. The number of amides is 1. The lowest BCUT2D eigenvalue weighted by Gasteiger charge is -2.31. The van der Waals surface area contributed by atoms with Gasteiger partial charge in [0, 0.05) is 5.69 Å². The highest BCUT2D eigenvalue weighted by molar-refractivity contribution is 7.91. The van der Waals surface area contributed by atoms with Crippen LogP contribution in [0.3, 0.4) is 0 Å². The lowest BCUT2D eigenvalue weighted by molar-refractivity contribution is -0.248. The Kier molecular flexibility index (Phi) is 6.94. The Morgan fingerprint density at radius 2 is 1.42 bits per heavy atom. The molecule has 0 spiro atoms. The normalized spacial score (nSPS) is 13.8. The first-order valence-electron chi connectivity index (χ1n) is 10.0. The van der Waals surface area contributed by atoms with Crippen LogP contribution in [-0.4, -0.2) is 31.4 Å². The first-order chi connectivity index (χ1) is 15.5. The average molecular weight is 478 g/mol. The Bertz CT molecular complexity index is 1210. The quantitative estimate of drug-likeness (QED) is 0.526. The maximum absolute atomic E-state index is 13.8. The summed E-state index contributed by atoms with van der Waals surface area (Å²) >= 11 is 0. The minimum absolute atomic E-state index is 0.0312. The molecule has 0 fully saturated rings. The topological polar surface area (TPSA) is 83.5 Å². The Labute approximate surface area is 189 Å². The Balaban J connectivity index is 1.74. The summed E-state index contributed by atoms with van der Waals surface area (Å²) in [4.78, 5) is 12.5. The molecule has 3 rings (SSSR count). The van der Waals surface area contributed by atoms with Crippen molar-refractivity contribution < 1.29 is 31.5 Å². The van der Waals surface area contributed by atoms with Crippen molar-refractivity contribution >= 4 is 21.4 Å². The number of anilines is 1. The van der Waals surface area contributed by atoms with E-state index in [1.807, 2.05) is 0 Å². The molecule has 9 heteroatoms. The van der Waals surface area contributed by atoms with E-state index in [0.717, 1.165) is 12.1 Å². The van der Waals surface area contributed by atoms with Crippen LogP contribution < -0.4 is 5.32 Å². The van der Waals surface area contributed by atoms with Crippen molar-refractivity contribution in [3.05, 3.63) is 95.6 Å². The number of aliphatic hydroxyl groups is 1. The summed E-state index contributed by atoms with van der Waals surface area (Å²) in [5.41, 5.74) is -3.06. The van der Waals surface area contributed by atoms with Crippen molar-refractivity contribution in [1.29, 1.82) is 0 Å². The highest BCUT2D eigenvalue weighted by atomic mass is 32.2. The fourth-order valence-corrected chi connectivity index (χ4v) is 4.22. The van der Waals surface area contributed by atoms with Gasteiger partial charge in [-0.05, 0) is 41.0 Å². The standard InChI is InChI=1S/C24H22F3NO4S/c1-2-33(31,32)21-14-8-17(9-15-21)16-22(29)28-20-12-10-19(11-13-20)23(30,24(25,26)27)18-6-4-3-5-7-18/h3-15,30H,2,16H2,1H3,(H,28,29). The van der Waals surface area contributed by atoms with Gasteiger partial charge < -0.3 is 10.4 Å². The van der Waals surface area contributed by atoms with Gasteiger partial charge in [-0.2, -0.15) is 13.2 Å². The molecule has 5 nitrogen and oxygen atoms in total. The van der Waals surface area contributed by atoms with Crippen molar-refractivity contribution in [3.8, 4) is 0 Å². The molecule has 1 unspecified atom stereocenters. The van der Waals surface area contributed by atoms with Gasteiger partial charge in [-0.3, -0.25) is 4.79 Å².